The van der Waals surface area contributed by atoms with Crippen molar-refractivity contribution in [2.75, 3.05) is 5.73 Å². The molecule has 4 N–H and O–H groups in total. The van der Waals surface area contributed by atoms with E-state index in [-0.39, 0.29) is 5.95 Å². The lowest BCUT2D eigenvalue weighted by Gasteiger charge is -2.09. The predicted molar refractivity (Wildman–Crippen MR) is 72.2 cm³/mol. The molecule has 100 valence electrons. The van der Waals surface area contributed by atoms with E-state index in [4.69, 9.17) is 11.5 Å². The van der Waals surface area contributed by atoms with Gasteiger partial charge in [-0.3, -0.25) is 4.79 Å². The third kappa shape index (κ3) is 3.98. The van der Waals surface area contributed by atoms with Crippen LogP contribution in [0.2, 0.25) is 0 Å². The largest absolute Gasteiger partial charge is 0.368 e. The summed E-state index contributed by atoms with van der Waals surface area (Å²) in [7, 11) is 0. The molecule has 0 saturated carbocycles. The van der Waals surface area contributed by atoms with Crippen molar-refractivity contribution < 1.29 is 4.79 Å². The number of primary amides is 1. The Morgan fingerprint density at radius 3 is 2.44 bits per heavy atom. The Kier molecular flexibility index (Phi) is 5.55. The van der Waals surface area contributed by atoms with Gasteiger partial charge in [0, 0.05) is 0 Å². The summed E-state index contributed by atoms with van der Waals surface area (Å²) in [4.78, 5) is 19.5. The SMILES string of the molecule is CCCCCCCc1nc(N)nc(C)c1C(N)=O. The second kappa shape index (κ2) is 6.93. The maximum absolute atomic E-state index is 11.4. The predicted octanol–water partition coefficient (Wildman–Crippen LogP) is 1.98. The molecular weight excluding hydrogens is 228 g/mol. The van der Waals surface area contributed by atoms with Crippen LogP contribution in [0.1, 0.15) is 60.8 Å². The third-order valence-corrected chi connectivity index (χ3v) is 2.95. The molecule has 0 atom stereocenters. The summed E-state index contributed by atoms with van der Waals surface area (Å²) >= 11 is 0. The normalized spacial score (nSPS) is 10.6. The topological polar surface area (TPSA) is 94.9 Å². The number of nitrogens with two attached hydrogens (primary N) is 2. The maximum atomic E-state index is 11.4. The minimum atomic E-state index is -0.476. The van der Waals surface area contributed by atoms with E-state index in [1.807, 2.05) is 0 Å². The van der Waals surface area contributed by atoms with E-state index in [9.17, 15) is 4.79 Å². The molecule has 1 aromatic heterocycles. The van der Waals surface area contributed by atoms with Gasteiger partial charge in [0.05, 0.1) is 17.0 Å². The molecule has 1 aromatic rings. The van der Waals surface area contributed by atoms with Gasteiger partial charge in [0.2, 0.25) is 5.95 Å². The van der Waals surface area contributed by atoms with Crippen LogP contribution >= 0.6 is 0 Å². The van der Waals surface area contributed by atoms with E-state index >= 15 is 0 Å². The molecule has 0 aliphatic rings. The number of aromatic nitrogens is 2. The fourth-order valence-corrected chi connectivity index (χ4v) is 2.05. The molecule has 0 saturated heterocycles. The van der Waals surface area contributed by atoms with Crippen LogP contribution in [0.4, 0.5) is 5.95 Å². The first-order valence-corrected chi connectivity index (χ1v) is 6.49. The number of hydrogen-bond acceptors (Lipinski definition) is 4. The molecule has 0 bridgehead atoms. The number of anilines is 1. The lowest BCUT2D eigenvalue weighted by molar-refractivity contribution is 0.0998. The Labute approximate surface area is 108 Å². The highest BCUT2D eigenvalue weighted by molar-refractivity contribution is 5.95. The average Bonchev–Trinajstić information content (AvgIpc) is 2.27. The number of hydrogen-bond donors (Lipinski definition) is 2. The van der Waals surface area contributed by atoms with Crippen LogP contribution in [0, 0.1) is 6.92 Å². The fourth-order valence-electron chi connectivity index (χ4n) is 2.05. The van der Waals surface area contributed by atoms with Crippen molar-refractivity contribution in [3.05, 3.63) is 17.0 Å². The number of carbonyl (C=O) groups excluding carboxylic acids is 1. The van der Waals surface area contributed by atoms with Crippen molar-refractivity contribution >= 4 is 11.9 Å². The molecule has 1 heterocycles. The second-order valence-corrected chi connectivity index (χ2v) is 4.52. The number of aryl methyl sites for hydroxylation is 2. The minimum absolute atomic E-state index is 0.209. The summed E-state index contributed by atoms with van der Waals surface area (Å²) in [6, 6.07) is 0. The quantitative estimate of drug-likeness (QED) is 0.723. The highest BCUT2D eigenvalue weighted by atomic mass is 16.1. The minimum Gasteiger partial charge on any atom is -0.368 e. The van der Waals surface area contributed by atoms with Gasteiger partial charge in [-0.05, 0) is 19.8 Å². The summed E-state index contributed by atoms with van der Waals surface area (Å²) in [5.74, 6) is -0.267. The summed E-state index contributed by atoms with van der Waals surface area (Å²) in [6.45, 7) is 3.92. The van der Waals surface area contributed by atoms with Crippen molar-refractivity contribution in [1.29, 1.82) is 0 Å². The first kappa shape index (κ1) is 14.4. The van der Waals surface area contributed by atoms with Gasteiger partial charge in [-0.2, -0.15) is 0 Å². The van der Waals surface area contributed by atoms with Crippen molar-refractivity contribution in [3.63, 3.8) is 0 Å². The van der Waals surface area contributed by atoms with Gasteiger partial charge in [-0.25, -0.2) is 9.97 Å². The average molecular weight is 250 g/mol. The fraction of sp³-hybridized carbons (Fsp3) is 0.615. The molecule has 0 aliphatic carbocycles. The van der Waals surface area contributed by atoms with E-state index < -0.39 is 5.91 Å². The zero-order chi connectivity index (χ0) is 13.5. The lowest BCUT2D eigenvalue weighted by Crippen LogP contribution is -2.19. The van der Waals surface area contributed by atoms with Crippen LogP contribution in [0.3, 0.4) is 0 Å². The van der Waals surface area contributed by atoms with E-state index in [0.717, 1.165) is 19.3 Å². The number of nitrogens with zero attached hydrogens (tertiary/aromatic N) is 2. The molecule has 1 rings (SSSR count). The first-order chi connectivity index (χ1) is 8.56. The number of nitrogen functional groups attached to an aromatic ring is 1. The van der Waals surface area contributed by atoms with Crippen LogP contribution in [-0.4, -0.2) is 15.9 Å². The van der Waals surface area contributed by atoms with Gasteiger partial charge in [0.1, 0.15) is 0 Å². The smallest absolute Gasteiger partial charge is 0.252 e. The highest BCUT2D eigenvalue weighted by Crippen LogP contribution is 2.15. The molecule has 5 heteroatoms. The van der Waals surface area contributed by atoms with Crippen LogP contribution in [0.5, 0.6) is 0 Å². The van der Waals surface area contributed by atoms with Crippen LogP contribution in [-0.2, 0) is 6.42 Å². The molecule has 0 radical (unpaired) electrons. The Morgan fingerprint density at radius 1 is 1.17 bits per heavy atom. The number of amides is 1. The Bertz CT molecular complexity index is 418. The van der Waals surface area contributed by atoms with Crippen LogP contribution in [0.25, 0.3) is 0 Å². The first-order valence-electron chi connectivity index (χ1n) is 6.49. The molecule has 1 amide bonds. The second-order valence-electron chi connectivity index (χ2n) is 4.52. The third-order valence-electron chi connectivity index (χ3n) is 2.95. The van der Waals surface area contributed by atoms with Crippen molar-refractivity contribution in [2.24, 2.45) is 5.73 Å². The Morgan fingerprint density at radius 2 is 1.83 bits per heavy atom. The molecule has 0 spiro atoms. The van der Waals surface area contributed by atoms with E-state index in [2.05, 4.69) is 16.9 Å². The van der Waals surface area contributed by atoms with Crippen molar-refractivity contribution in [3.8, 4) is 0 Å². The zero-order valence-corrected chi connectivity index (χ0v) is 11.2. The number of rotatable bonds is 7. The Hall–Kier alpha value is -1.65. The molecule has 5 nitrogen and oxygen atoms in total. The van der Waals surface area contributed by atoms with Crippen molar-refractivity contribution in [1.82, 2.24) is 9.97 Å². The van der Waals surface area contributed by atoms with E-state index in [0.29, 0.717) is 17.0 Å². The summed E-state index contributed by atoms with van der Waals surface area (Å²) in [6.07, 6.45) is 6.53. The van der Waals surface area contributed by atoms with Gasteiger partial charge in [0.15, 0.2) is 0 Å². The zero-order valence-electron chi connectivity index (χ0n) is 11.2. The summed E-state index contributed by atoms with van der Waals surface area (Å²) < 4.78 is 0. The van der Waals surface area contributed by atoms with Crippen molar-refractivity contribution in [2.45, 2.75) is 52.4 Å². The maximum Gasteiger partial charge on any atom is 0.252 e. The Balaban J connectivity index is 2.71. The van der Waals surface area contributed by atoms with Gasteiger partial charge >= 0.3 is 0 Å². The lowest BCUT2D eigenvalue weighted by atomic mass is 10.0. The number of unbranched alkanes of at least 4 members (excludes halogenated alkanes) is 4. The monoisotopic (exact) mass is 250 g/mol. The molecular formula is C13H22N4O. The molecule has 0 unspecified atom stereocenters. The van der Waals surface area contributed by atoms with Gasteiger partial charge < -0.3 is 11.5 Å². The molecule has 0 aliphatic heterocycles. The van der Waals surface area contributed by atoms with Gasteiger partial charge in [-0.1, -0.05) is 32.6 Å². The number of carbonyl (C=O) groups is 1. The molecule has 0 aromatic carbocycles. The van der Waals surface area contributed by atoms with Crippen LogP contribution < -0.4 is 11.5 Å². The van der Waals surface area contributed by atoms with E-state index in [1.165, 1.54) is 19.3 Å². The molecule has 0 fully saturated rings. The summed E-state index contributed by atoms with van der Waals surface area (Å²) in [5.41, 5.74) is 12.6. The highest BCUT2D eigenvalue weighted by Gasteiger charge is 2.14. The summed E-state index contributed by atoms with van der Waals surface area (Å²) in [5, 5.41) is 0. The van der Waals surface area contributed by atoms with Crippen LogP contribution in [0.15, 0.2) is 0 Å². The van der Waals surface area contributed by atoms with Gasteiger partial charge in [-0.15, -0.1) is 0 Å². The van der Waals surface area contributed by atoms with E-state index in [1.54, 1.807) is 6.92 Å². The van der Waals surface area contributed by atoms with Gasteiger partial charge in [0.25, 0.3) is 5.91 Å². The molecule has 18 heavy (non-hydrogen) atoms. The standard InChI is InChI=1S/C13H22N4O/c1-3-4-5-6-7-8-10-11(12(14)18)9(2)16-13(15)17-10/h3-8H2,1-2H3,(H2,14,18)(H2,15,16,17).